The molecule has 192 valence electrons. The van der Waals surface area contributed by atoms with Crippen molar-refractivity contribution in [2.24, 2.45) is 5.73 Å². The molecule has 0 fully saturated rings. The Balaban J connectivity index is 3.40. The SMILES string of the molecule is C#CN(C(=O)C(CCC(N)=O)NC(=O)OC(C)(C)C)C(C(=O)NC(C)CCC)c1ccccc1C. The molecular weight excluding hydrogens is 448 g/mol. The van der Waals surface area contributed by atoms with Crippen LogP contribution in [-0.2, 0) is 19.1 Å². The van der Waals surface area contributed by atoms with Gasteiger partial charge in [0.15, 0.2) is 0 Å². The lowest BCUT2D eigenvalue weighted by atomic mass is 9.97. The molecule has 0 bridgehead atoms. The molecule has 35 heavy (non-hydrogen) atoms. The predicted octanol–water partition coefficient (Wildman–Crippen LogP) is 2.92. The zero-order chi connectivity index (χ0) is 26.8. The Morgan fingerprint density at radius 2 is 1.77 bits per heavy atom. The van der Waals surface area contributed by atoms with Crippen LogP contribution in [0.25, 0.3) is 0 Å². The molecule has 3 atom stereocenters. The van der Waals surface area contributed by atoms with Gasteiger partial charge in [0.1, 0.15) is 17.7 Å². The van der Waals surface area contributed by atoms with Crippen LogP contribution in [0.5, 0.6) is 0 Å². The fourth-order valence-corrected chi connectivity index (χ4v) is 3.55. The number of primary amides is 1. The Morgan fingerprint density at radius 1 is 1.14 bits per heavy atom. The monoisotopic (exact) mass is 486 g/mol. The molecule has 0 spiro atoms. The first-order valence-electron chi connectivity index (χ1n) is 11.7. The quantitative estimate of drug-likeness (QED) is 0.327. The van der Waals surface area contributed by atoms with E-state index in [4.69, 9.17) is 16.9 Å². The lowest BCUT2D eigenvalue weighted by molar-refractivity contribution is -0.139. The Hall–Kier alpha value is -3.54. The van der Waals surface area contributed by atoms with E-state index in [-0.39, 0.29) is 18.9 Å². The topological polar surface area (TPSA) is 131 Å². The molecule has 1 aromatic rings. The van der Waals surface area contributed by atoms with Gasteiger partial charge in [0, 0.05) is 18.5 Å². The molecule has 0 saturated carbocycles. The van der Waals surface area contributed by atoms with Crippen LogP contribution < -0.4 is 16.4 Å². The molecule has 0 radical (unpaired) electrons. The van der Waals surface area contributed by atoms with Crippen LogP contribution in [0, 0.1) is 19.4 Å². The Morgan fingerprint density at radius 3 is 2.29 bits per heavy atom. The van der Waals surface area contributed by atoms with Crippen molar-refractivity contribution in [2.75, 3.05) is 0 Å². The number of terminal acetylenes is 1. The van der Waals surface area contributed by atoms with Crippen molar-refractivity contribution in [2.45, 2.75) is 91.0 Å². The lowest BCUT2D eigenvalue weighted by Crippen LogP contribution is -2.52. The van der Waals surface area contributed by atoms with Crippen LogP contribution in [0.3, 0.4) is 0 Å². The van der Waals surface area contributed by atoms with E-state index in [1.54, 1.807) is 32.9 Å². The summed E-state index contributed by atoms with van der Waals surface area (Å²) in [5.41, 5.74) is 5.77. The summed E-state index contributed by atoms with van der Waals surface area (Å²) in [5.74, 6) is -1.83. The fourth-order valence-electron chi connectivity index (χ4n) is 3.55. The highest BCUT2D eigenvalue weighted by molar-refractivity contribution is 5.93. The first-order chi connectivity index (χ1) is 16.3. The summed E-state index contributed by atoms with van der Waals surface area (Å²) in [6.07, 6.45) is 6.22. The zero-order valence-electron chi connectivity index (χ0n) is 21.5. The molecule has 0 aliphatic carbocycles. The van der Waals surface area contributed by atoms with E-state index in [0.717, 1.165) is 23.3 Å². The average Bonchev–Trinajstić information content (AvgIpc) is 2.73. The van der Waals surface area contributed by atoms with Crippen LogP contribution in [0.2, 0.25) is 0 Å². The Labute approximate surface area is 208 Å². The Kier molecular flexibility index (Phi) is 11.3. The normalized spacial score (nSPS) is 13.5. The predicted molar refractivity (Wildman–Crippen MR) is 134 cm³/mol. The molecule has 4 amide bonds. The highest BCUT2D eigenvalue weighted by Crippen LogP contribution is 2.26. The number of aryl methyl sites for hydroxylation is 1. The highest BCUT2D eigenvalue weighted by atomic mass is 16.6. The van der Waals surface area contributed by atoms with Crippen LogP contribution in [0.1, 0.15) is 77.5 Å². The summed E-state index contributed by atoms with van der Waals surface area (Å²) in [7, 11) is 0. The van der Waals surface area contributed by atoms with E-state index in [2.05, 4.69) is 16.7 Å². The van der Waals surface area contributed by atoms with E-state index in [1.165, 1.54) is 0 Å². The van der Waals surface area contributed by atoms with Crippen molar-refractivity contribution in [3.05, 3.63) is 35.4 Å². The zero-order valence-corrected chi connectivity index (χ0v) is 21.5. The number of nitrogens with zero attached hydrogens (tertiary/aromatic N) is 1. The maximum absolute atomic E-state index is 13.6. The number of amides is 4. The van der Waals surface area contributed by atoms with Gasteiger partial charge in [0.2, 0.25) is 11.8 Å². The summed E-state index contributed by atoms with van der Waals surface area (Å²) >= 11 is 0. The molecule has 0 aromatic heterocycles. The third kappa shape index (κ3) is 9.69. The van der Waals surface area contributed by atoms with Gasteiger partial charge in [0.05, 0.1) is 0 Å². The van der Waals surface area contributed by atoms with Gasteiger partial charge in [-0.05, 0) is 58.6 Å². The van der Waals surface area contributed by atoms with E-state index < -0.39 is 41.5 Å². The van der Waals surface area contributed by atoms with E-state index in [0.29, 0.717) is 5.56 Å². The number of carbonyl (C=O) groups is 4. The first kappa shape index (κ1) is 29.5. The van der Waals surface area contributed by atoms with E-state index in [9.17, 15) is 19.2 Å². The van der Waals surface area contributed by atoms with Crippen molar-refractivity contribution < 1.29 is 23.9 Å². The van der Waals surface area contributed by atoms with Crippen molar-refractivity contribution in [1.29, 1.82) is 0 Å². The molecule has 1 aromatic carbocycles. The van der Waals surface area contributed by atoms with Gasteiger partial charge in [-0.3, -0.25) is 19.3 Å². The van der Waals surface area contributed by atoms with Crippen LogP contribution in [0.15, 0.2) is 24.3 Å². The molecule has 9 nitrogen and oxygen atoms in total. The van der Waals surface area contributed by atoms with Crippen LogP contribution in [0.4, 0.5) is 4.79 Å². The van der Waals surface area contributed by atoms with Crippen molar-refractivity contribution >= 4 is 23.8 Å². The van der Waals surface area contributed by atoms with Gasteiger partial charge in [-0.15, -0.1) is 0 Å². The maximum atomic E-state index is 13.6. The third-order valence-electron chi connectivity index (χ3n) is 5.14. The summed E-state index contributed by atoms with van der Waals surface area (Å²) < 4.78 is 5.26. The van der Waals surface area contributed by atoms with Crippen LogP contribution in [-0.4, -0.2) is 46.4 Å². The third-order valence-corrected chi connectivity index (χ3v) is 5.14. The first-order valence-corrected chi connectivity index (χ1v) is 11.7. The number of nitrogens with two attached hydrogens (primary N) is 1. The largest absolute Gasteiger partial charge is 0.444 e. The van der Waals surface area contributed by atoms with Gasteiger partial charge in [0.25, 0.3) is 5.91 Å². The second-order valence-electron chi connectivity index (χ2n) is 9.50. The fraction of sp³-hybridized carbons (Fsp3) is 0.538. The summed E-state index contributed by atoms with van der Waals surface area (Å²) in [5, 5.41) is 5.40. The second-order valence-corrected chi connectivity index (χ2v) is 9.50. The molecule has 9 heteroatoms. The maximum Gasteiger partial charge on any atom is 0.408 e. The number of carbonyl (C=O) groups excluding carboxylic acids is 4. The smallest absolute Gasteiger partial charge is 0.408 e. The number of rotatable bonds is 11. The number of alkyl carbamates (subject to hydrolysis) is 1. The molecule has 0 saturated heterocycles. The van der Waals surface area contributed by atoms with Gasteiger partial charge in [-0.25, -0.2) is 4.79 Å². The average molecular weight is 487 g/mol. The van der Waals surface area contributed by atoms with Gasteiger partial charge in [-0.1, -0.05) is 44.0 Å². The van der Waals surface area contributed by atoms with Crippen molar-refractivity contribution in [3.63, 3.8) is 0 Å². The summed E-state index contributed by atoms with van der Waals surface area (Å²) in [6.45, 7) is 10.7. The molecule has 0 aliphatic rings. The Bertz CT molecular complexity index is 948. The minimum absolute atomic E-state index is 0.111. The molecular formula is C26H38N4O5. The number of ether oxygens (including phenoxy) is 1. The minimum atomic E-state index is -1.24. The number of hydrogen-bond acceptors (Lipinski definition) is 5. The van der Waals surface area contributed by atoms with E-state index >= 15 is 0 Å². The number of benzene rings is 1. The molecule has 0 aliphatic heterocycles. The molecule has 0 heterocycles. The second kappa shape index (κ2) is 13.4. The number of hydrogen-bond donors (Lipinski definition) is 3. The van der Waals surface area contributed by atoms with Gasteiger partial charge >= 0.3 is 6.09 Å². The van der Waals surface area contributed by atoms with Gasteiger partial charge < -0.3 is 21.1 Å². The van der Waals surface area contributed by atoms with Crippen molar-refractivity contribution in [3.8, 4) is 12.5 Å². The van der Waals surface area contributed by atoms with Crippen LogP contribution >= 0.6 is 0 Å². The van der Waals surface area contributed by atoms with Crippen molar-refractivity contribution in [1.82, 2.24) is 15.5 Å². The summed E-state index contributed by atoms with van der Waals surface area (Å²) in [6, 6.07) is 6.90. The molecule has 1 rings (SSSR count). The van der Waals surface area contributed by atoms with E-state index in [1.807, 2.05) is 32.9 Å². The summed E-state index contributed by atoms with van der Waals surface area (Å²) in [4.78, 5) is 51.8. The molecule has 4 N–H and O–H groups in total. The molecule has 3 unspecified atom stereocenters. The standard InChI is InChI=1S/C26H38N4O5/c1-8-12-18(4)28-23(32)22(19-14-11-10-13-17(19)3)30(9-2)24(33)20(15-16-21(27)31)29-25(34)35-26(5,6)7/h2,10-11,13-14,18,20,22H,8,12,15-16H2,1,3-7H3,(H2,27,31)(H,28,32)(H,29,34). The lowest BCUT2D eigenvalue weighted by Gasteiger charge is -2.31. The highest BCUT2D eigenvalue weighted by Gasteiger charge is 2.36. The number of nitrogens with one attached hydrogen (secondary N) is 2. The minimum Gasteiger partial charge on any atom is -0.444 e. The van der Waals surface area contributed by atoms with Gasteiger partial charge in [-0.2, -0.15) is 0 Å².